The highest BCUT2D eigenvalue weighted by Gasteiger charge is 2.27. The molecule has 0 amide bonds. The fourth-order valence-electron chi connectivity index (χ4n) is 3.22. The Morgan fingerprint density at radius 2 is 2.00 bits per heavy atom. The lowest BCUT2D eigenvalue weighted by molar-refractivity contribution is 0.265. The molecule has 1 aliphatic heterocycles. The molecule has 0 N–H and O–H groups in total. The summed E-state index contributed by atoms with van der Waals surface area (Å²) in [7, 11) is -1.17. The highest BCUT2D eigenvalue weighted by atomic mass is 32.2. The molecule has 1 saturated heterocycles. The van der Waals surface area contributed by atoms with Crippen LogP contribution in [0.4, 0.5) is 0 Å². The SMILES string of the molecule is Cc1ncc(-c2nccnc2C[C@H]2CCCN(S(C)(=O)=O)C2)n1C. The van der Waals surface area contributed by atoms with Crippen LogP contribution in [-0.4, -0.2) is 51.6 Å². The summed E-state index contributed by atoms with van der Waals surface area (Å²) < 4.78 is 27.2. The van der Waals surface area contributed by atoms with Gasteiger partial charge in [-0.05, 0) is 32.1 Å². The standard InChI is InChI=1S/C16H23N5O2S/c1-12-19-10-15(20(12)2)16-14(17-6-7-18-16)9-13-5-4-8-21(11-13)24(3,22)23/h6-7,10,13H,4-5,8-9,11H2,1-3H3/t13-/m1/s1. The van der Waals surface area contributed by atoms with Crippen molar-refractivity contribution in [3.05, 3.63) is 30.1 Å². The Kier molecular flexibility index (Phi) is 4.69. The molecule has 130 valence electrons. The van der Waals surface area contributed by atoms with Crippen LogP contribution in [0.15, 0.2) is 18.6 Å². The van der Waals surface area contributed by atoms with E-state index in [0.717, 1.165) is 42.2 Å². The number of rotatable bonds is 4. The molecule has 2 aromatic rings. The minimum atomic E-state index is -3.13. The molecule has 0 aliphatic carbocycles. The van der Waals surface area contributed by atoms with Crippen molar-refractivity contribution in [3.63, 3.8) is 0 Å². The van der Waals surface area contributed by atoms with E-state index >= 15 is 0 Å². The first-order chi connectivity index (χ1) is 11.4. The Morgan fingerprint density at radius 1 is 1.25 bits per heavy atom. The number of hydrogen-bond donors (Lipinski definition) is 0. The quantitative estimate of drug-likeness (QED) is 0.833. The molecule has 0 unspecified atom stereocenters. The lowest BCUT2D eigenvalue weighted by Gasteiger charge is -2.31. The molecule has 3 rings (SSSR count). The molecular formula is C16H23N5O2S. The first-order valence-corrected chi connectivity index (χ1v) is 9.95. The van der Waals surface area contributed by atoms with Crippen LogP contribution < -0.4 is 0 Å². The zero-order chi connectivity index (χ0) is 17.3. The Balaban J connectivity index is 1.85. The van der Waals surface area contributed by atoms with Crippen molar-refractivity contribution in [3.8, 4) is 11.4 Å². The number of nitrogens with zero attached hydrogens (tertiary/aromatic N) is 5. The summed E-state index contributed by atoms with van der Waals surface area (Å²) in [5, 5.41) is 0. The number of aryl methyl sites for hydroxylation is 1. The van der Waals surface area contributed by atoms with Crippen LogP contribution in [0.5, 0.6) is 0 Å². The van der Waals surface area contributed by atoms with Gasteiger partial charge in [-0.15, -0.1) is 0 Å². The third-order valence-corrected chi connectivity index (χ3v) is 5.94. The molecule has 0 radical (unpaired) electrons. The zero-order valence-corrected chi connectivity index (χ0v) is 15.1. The molecule has 0 saturated carbocycles. The molecule has 1 atom stereocenters. The third kappa shape index (κ3) is 3.49. The summed E-state index contributed by atoms with van der Waals surface area (Å²) in [5.41, 5.74) is 2.67. The van der Waals surface area contributed by atoms with Gasteiger partial charge in [0.25, 0.3) is 0 Å². The van der Waals surface area contributed by atoms with Crippen LogP contribution in [-0.2, 0) is 23.5 Å². The van der Waals surface area contributed by atoms with Crippen molar-refractivity contribution in [2.45, 2.75) is 26.2 Å². The molecule has 0 spiro atoms. The molecule has 7 nitrogen and oxygen atoms in total. The van der Waals surface area contributed by atoms with Gasteiger partial charge in [0.05, 0.1) is 23.8 Å². The van der Waals surface area contributed by atoms with Gasteiger partial charge in [-0.1, -0.05) is 0 Å². The molecule has 0 aromatic carbocycles. The molecular weight excluding hydrogens is 326 g/mol. The average Bonchev–Trinajstić information content (AvgIpc) is 2.87. The molecule has 2 aromatic heterocycles. The Morgan fingerprint density at radius 3 is 2.67 bits per heavy atom. The van der Waals surface area contributed by atoms with Gasteiger partial charge in [-0.3, -0.25) is 9.97 Å². The van der Waals surface area contributed by atoms with Crippen molar-refractivity contribution in [2.24, 2.45) is 13.0 Å². The summed E-state index contributed by atoms with van der Waals surface area (Å²) in [5.74, 6) is 1.18. The van der Waals surface area contributed by atoms with Crippen LogP contribution >= 0.6 is 0 Å². The average molecular weight is 349 g/mol. The minimum Gasteiger partial charge on any atom is -0.330 e. The van der Waals surface area contributed by atoms with E-state index in [1.165, 1.54) is 6.26 Å². The fraction of sp³-hybridized carbons (Fsp3) is 0.562. The molecule has 3 heterocycles. The number of hydrogen-bond acceptors (Lipinski definition) is 5. The number of piperidine rings is 1. The summed E-state index contributed by atoms with van der Waals surface area (Å²) in [6.07, 6.45) is 9.09. The van der Waals surface area contributed by atoms with Crippen molar-refractivity contribution in [1.29, 1.82) is 0 Å². The van der Waals surface area contributed by atoms with Gasteiger partial charge >= 0.3 is 0 Å². The van der Waals surface area contributed by atoms with Gasteiger partial charge in [0.2, 0.25) is 10.0 Å². The molecule has 1 aliphatic rings. The first kappa shape index (κ1) is 17.0. The van der Waals surface area contributed by atoms with Gasteiger partial charge in [0, 0.05) is 32.5 Å². The van der Waals surface area contributed by atoms with Crippen molar-refractivity contribution in [1.82, 2.24) is 23.8 Å². The summed E-state index contributed by atoms with van der Waals surface area (Å²) in [6.45, 7) is 3.12. The van der Waals surface area contributed by atoms with Gasteiger partial charge in [-0.2, -0.15) is 0 Å². The highest BCUT2D eigenvalue weighted by Crippen LogP contribution is 2.26. The van der Waals surface area contributed by atoms with E-state index in [9.17, 15) is 8.42 Å². The van der Waals surface area contributed by atoms with Crippen molar-refractivity contribution >= 4 is 10.0 Å². The van der Waals surface area contributed by atoms with Crippen LogP contribution in [0.3, 0.4) is 0 Å². The van der Waals surface area contributed by atoms with Crippen molar-refractivity contribution in [2.75, 3.05) is 19.3 Å². The predicted molar refractivity (Wildman–Crippen MR) is 91.8 cm³/mol. The van der Waals surface area contributed by atoms with E-state index in [0.29, 0.717) is 13.1 Å². The fourth-order valence-corrected chi connectivity index (χ4v) is 4.16. The van der Waals surface area contributed by atoms with E-state index in [4.69, 9.17) is 0 Å². The maximum Gasteiger partial charge on any atom is 0.211 e. The van der Waals surface area contributed by atoms with Crippen LogP contribution in [0.2, 0.25) is 0 Å². The summed E-state index contributed by atoms with van der Waals surface area (Å²) in [6, 6.07) is 0. The van der Waals surface area contributed by atoms with Gasteiger partial charge in [0.1, 0.15) is 11.5 Å². The maximum atomic E-state index is 11.8. The van der Waals surface area contributed by atoms with E-state index in [2.05, 4.69) is 15.0 Å². The summed E-state index contributed by atoms with van der Waals surface area (Å²) >= 11 is 0. The number of aromatic nitrogens is 4. The van der Waals surface area contributed by atoms with E-state index < -0.39 is 10.0 Å². The van der Waals surface area contributed by atoms with Gasteiger partial charge in [0.15, 0.2) is 0 Å². The maximum absolute atomic E-state index is 11.8. The Bertz CT molecular complexity index is 831. The molecule has 24 heavy (non-hydrogen) atoms. The van der Waals surface area contributed by atoms with Gasteiger partial charge in [-0.25, -0.2) is 17.7 Å². The second kappa shape index (κ2) is 6.60. The lowest BCUT2D eigenvalue weighted by Crippen LogP contribution is -2.39. The lowest BCUT2D eigenvalue weighted by atomic mass is 9.93. The van der Waals surface area contributed by atoms with E-state index in [1.807, 2.05) is 24.7 Å². The van der Waals surface area contributed by atoms with E-state index in [1.54, 1.807) is 16.7 Å². The Labute approximate surface area is 142 Å². The minimum absolute atomic E-state index is 0.262. The third-order valence-electron chi connectivity index (χ3n) is 4.67. The second-order valence-corrected chi connectivity index (χ2v) is 8.42. The van der Waals surface area contributed by atoms with Crippen LogP contribution in [0.1, 0.15) is 24.4 Å². The van der Waals surface area contributed by atoms with Gasteiger partial charge < -0.3 is 4.57 Å². The number of imidazole rings is 1. The molecule has 8 heteroatoms. The highest BCUT2D eigenvalue weighted by molar-refractivity contribution is 7.88. The van der Waals surface area contributed by atoms with Crippen LogP contribution in [0, 0.1) is 12.8 Å². The summed E-state index contributed by atoms with van der Waals surface area (Å²) in [4.78, 5) is 13.3. The van der Waals surface area contributed by atoms with E-state index in [-0.39, 0.29) is 5.92 Å². The zero-order valence-electron chi connectivity index (χ0n) is 14.3. The van der Waals surface area contributed by atoms with Crippen molar-refractivity contribution < 1.29 is 8.42 Å². The second-order valence-electron chi connectivity index (χ2n) is 6.43. The number of sulfonamides is 1. The Hall–Kier alpha value is -1.80. The van der Waals surface area contributed by atoms with Crippen LogP contribution in [0.25, 0.3) is 11.4 Å². The predicted octanol–water partition coefficient (Wildman–Crippen LogP) is 1.40. The smallest absolute Gasteiger partial charge is 0.211 e. The molecule has 0 bridgehead atoms. The largest absolute Gasteiger partial charge is 0.330 e. The topological polar surface area (TPSA) is 81.0 Å². The first-order valence-electron chi connectivity index (χ1n) is 8.10. The normalized spacial score (nSPS) is 19.5. The monoisotopic (exact) mass is 349 g/mol. The molecule has 1 fully saturated rings.